The molecule has 0 aliphatic carbocycles. The molecule has 1 aromatic heterocycles. The first-order valence-electron chi connectivity index (χ1n) is 5.66. The largest absolute Gasteiger partial charge is 0.496 e. The molecule has 2 rings (SSSR count). The standard InChI is InChI=1S/C14H16N2O2/c1-17-13-5-3-10(7-12(13)8-15)11-4-6-14(18-2)16-9-11/h3-7,9H,8,15H2,1-2H3. The number of nitrogens with zero attached hydrogens (tertiary/aromatic N) is 1. The number of hydrogen-bond acceptors (Lipinski definition) is 4. The Morgan fingerprint density at radius 3 is 2.39 bits per heavy atom. The average molecular weight is 244 g/mol. The third kappa shape index (κ3) is 2.43. The summed E-state index contributed by atoms with van der Waals surface area (Å²) in [6.45, 7) is 0.445. The summed E-state index contributed by atoms with van der Waals surface area (Å²) in [6, 6.07) is 9.72. The normalized spacial score (nSPS) is 10.2. The summed E-state index contributed by atoms with van der Waals surface area (Å²) in [5, 5.41) is 0. The molecular formula is C14H16N2O2. The summed E-state index contributed by atoms with van der Waals surface area (Å²) in [5.41, 5.74) is 8.76. The predicted octanol–water partition coefficient (Wildman–Crippen LogP) is 2.22. The first-order valence-corrected chi connectivity index (χ1v) is 5.66. The third-order valence-corrected chi connectivity index (χ3v) is 2.78. The lowest BCUT2D eigenvalue weighted by Crippen LogP contribution is -2.00. The van der Waals surface area contributed by atoms with E-state index < -0.39 is 0 Å². The van der Waals surface area contributed by atoms with Crippen molar-refractivity contribution in [2.45, 2.75) is 6.54 Å². The van der Waals surface area contributed by atoms with Gasteiger partial charge in [0.05, 0.1) is 14.2 Å². The van der Waals surface area contributed by atoms with Crippen LogP contribution in [0, 0.1) is 0 Å². The highest BCUT2D eigenvalue weighted by Crippen LogP contribution is 2.26. The second kappa shape index (κ2) is 5.51. The SMILES string of the molecule is COc1ccc(-c2ccc(OC)c(CN)c2)cn1. The van der Waals surface area contributed by atoms with Gasteiger partial charge in [0.15, 0.2) is 0 Å². The first-order chi connectivity index (χ1) is 8.78. The quantitative estimate of drug-likeness (QED) is 0.896. The Kier molecular flexibility index (Phi) is 3.79. The number of nitrogens with two attached hydrogens (primary N) is 1. The average Bonchev–Trinajstić information content (AvgIpc) is 2.46. The van der Waals surface area contributed by atoms with Crippen LogP contribution in [0.3, 0.4) is 0 Å². The van der Waals surface area contributed by atoms with Gasteiger partial charge in [0.25, 0.3) is 0 Å². The zero-order valence-electron chi connectivity index (χ0n) is 10.5. The fraction of sp³-hybridized carbons (Fsp3) is 0.214. The molecule has 0 aliphatic heterocycles. The minimum absolute atomic E-state index is 0.445. The first kappa shape index (κ1) is 12.4. The molecule has 0 radical (unpaired) electrons. The van der Waals surface area contributed by atoms with E-state index in [9.17, 15) is 0 Å². The maximum atomic E-state index is 5.70. The minimum atomic E-state index is 0.445. The van der Waals surface area contributed by atoms with Crippen LogP contribution in [0.2, 0.25) is 0 Å². The number of pyridine rings is 1. The number of benzene rings is 1. The highest BCUT2D eigenvalue weighted by Gasteiger charge is 2.05. The van der Waals surface area contributed by atoms with Gasteiger partial charge < -0.3 is 15.2 Å². The van der Waals surface area contributed by atoms with Crippen LogP contribution in [0.25, 0.3) is 11.1 Å². The maximum absolute atomic E-state index is 5.70. The fourth-order valence-electron chi connectivity index (χ4n) is 1.79. The molecule has 0 amide bonds. The molecule has 0 aliphatic rings. The fourth-order valence-corrected chi connectivity index (χ4v) is 1.79. The van der Waals surface area contributed by atoms with E-state index in [4.69, 9.17) is 15.2 Å². The van der Waals surface area contributed by atoms with Gasteiger partial charge in [-0.3, -0.25) is 0 Å². The molecule has 4 nitrogen and oxygen atoms in total. The zero-order chi connectivity index (χ0) is 13.0. The van der Waals surface area contributed by atoms with E-state index in [0.29, 0.717) is 12.4 Å². The molecule has 0 saturated heterocycles. The van der Waals surface area contributed by atoms with Gasteiger partial charge >= 0.3 is 0 Å². The Bertz CT molecular complexity index is 524. The molecule has 0 bridgehead atoms. The molecule has 1 heterocycles. The van der Waals surface area contributed by atoms with Gasteiger partial charge in [0, 0.05) is 29.9 Å². The van der Waals surface area contributed by atoms with Crippen LogP contribution in [0.4, 0.5) is 0 Å². The summed E-state index contributed by atoms with van der Waals surface area (Å²) in [6.07, 6.45) is 1.78. The Morgan fingerprint density at radius 1 is 1.06 bits per heavy atom. The van der Waals surface area contributed by atoms with Gasteiger partial charge in [0.2, 0.25) is 5.88 Å². The van der Waals surface area contributed by atoms with Crippen molar-refractivity contribution in [3.05, 3.63) is 42.1 Å². The molecular weight excluding hydrogens is 228 g/mol. The zero-order valence-corrected chi connectivity index (χ0v) is 10.5. The minimum Gasteiger partial charge on any atom is -0.496 e. The lowest BCUT2D eigenvalue weighted by atomic mass is 10.0. The Morgan fingerprint density at radius 2 is 1.83 bits per heavy atom. The number of methoxy groups -OCH3 is 2. The summed E-state index contributed by atoms with van der Waals surface area (Å²) < 4.78 is 10.3. The molecule has 94 valence electrons. The van der Waals surface area contributed by atoms with Gasteiger partial charge in [0.1, 0.15) is 5.75 Å². The van der Waals surface area contributed by atoms with Crippen molar-refractivity contribution in [1.29, 1.82) is 0 Å². The summed E-state index contributed by atoms with van der Waals surface area (Å²) in [4.78, 5) is 4.19. The van der Waals surface area contributed by atoms with Crippen LogP contribution < -0.4 is 15.2 Å². The van der Waals surface area contributed by atoms with Crippen molar-refractivity contribution in [1.82, 2.24) is 4.98 Å². The molecule has 0 unspecified atom stereocenters. The van der Waals surface area contributed by atoms with E-state index in [-0.39, 0.29) is 0 Å². The highest BCUT2D eigenvalue weighted by atomic mass is 16.5. The topological polar surface area (TPSA) is 57.4 Å². The monoisotopic (exact) mass is 244 g/mol. The second-order valence-electron chi connectivity index (χ2n) is 3.82. The van der Waals surface area contributed by atoms with Crippen molar-refractivity contribution >= 4 is 0 Å². The molecule has 4 heteroatoms. The van der Waals surface area contributed by atoms with Crippen LogP contribution in [0.1, 0.15) is 5.56 Å². The highest BCUT2D eigenvalue weighted by molar-refractivity contribution is 5.65. The van der Waals surface area contributed by atoms with Gasteiger partial charge in [-0.15, -0.1) is 0 Å². The molecule has 0 atom stereocenters. The van der Waals surface area contributed by atoms with Crippen molar-refractivity contribution < 1.29 is 9.47 Å². The summed E-state index contributed by atoms with van der Waals surface area (Å²) >= 11 is 0. The van der Waals surface area contributed by atoms with Gasteiger partial charge in [-0.05, 0) is 23.8 Å². The number of aromatic nitrogens is 1. The molecule has 0 spiro atoms. The molecule has 1 aromatic carbocycles. The van der Waals surface area contributed by atoms with E-state index in [2.05, 4.69) is 4.98 Å². The Labute approximate surface area is 106 Å². The number of hydrogen-bond donors (Lipinski definition) is 1. The van der Waals surface area contributed by atoms with Gasteiger partial charge in [-0.2, -0.15) is 0 Å². The lowest BCUT2D eigenvalue weighted by molar-refractivity contribution is 0.398. The molecule has 0 saturated carbocycles. The Hall–Kier alpha value is -2.07. The van der Waals surface area contributed by atoms with Crippen LogP contribution in [-0.4, -0.2) is 19.2 Å². The predicted molar refractivity (Wildman–Crippen MR) is 70.7 cm³/mol. The Balaban J connectivity index is 2.37. The molecule has 18 heavy (non-hydrogen) atoms. The van der Waals surface area contributed by atoms with E-state index in [1.807, 2.05) is 30.3 Å². The van der Waals surface area contributed by atoms with Crippen molar-refractivity contribution in [2.24, 2.45) is 5.73 Å². The van der Waals surface area contributed by atoms with E-state index in [1.165, 1.54) is 0 Å². The van der Waals surface area contributed by atoms with Gasteiger partial charge in [-0.25, -0.2) is 4.98 Å². The molecule has 2 N–H and O–H groups in total. The summed E-state index contributed by atoms with van der Waals surface area (Å²) in [7, 11) is 3.24. The maximum Gasteiger partial charge on any atom is 0.212 e. The van der Waals surface area contributed by atoms with Crippen LogP contribution >= 0.6 is 0 Å². The summed E-state index contributed by atoms with van der Waals surface area (Å²) in [5.74, 6) is 1.41. The number of ether oxygens (including phenoxy) is 2. The van der Waals surface area contributed by atoms with Crippen LogP contribution in [0.5, 0.6) is 11.6 Å². The number of rotatable bonds is 4. The van der Waals surface area contributed by atoms with Crippen molar-refractivity contribution in [3.8, 4) is 22.8 Å². The van der Waals surface area contributed by atoms with Crippen molar-refractivity contribution in [3.63, 3.8) is 0 Å². The van der Waals surface area contributed by atoms with E-state index in [1.54, 1.807) is 20.4 Å². The molecule has 2 aromatic rings. The third-order valence-electron chi connectivity index (χ3n) is 2.78. The van der Waals surface area contributed by atoms with E-state index >= 15 is 0 Å². The van der Waals surface area contributed by atoms with Crippen molar-refractivity contribution in [2.75, 3.05) is 14.2 Å². The lowest BCUT2D eigenvalue weighted by Gasteiger charge is -2.09. The van der Waals surface area contributed by atoms with Gasteiger partial charge in [-0.1, -0.05) is 6.07 Å². The second-order valence-corrected chi connectivity index (χ2v) is 3.82. The smallest absolute Gasteiger partial charge is 0.212 e. The molecule has 0 fully saturated rings. The van der Waals surface area contributed by atoms with E-state index in [0.717, 1.165) is 22.4 Å². The van der Waals surface area contributed by atoms with Crippen LogP contribution in [0.15, 0.2) is 36.5 Å². The van der Waals surface area contributed by atoms with Crippen LogP contribution in [-0.2, 0) is 6.54 Å².